The zero-order valence-electron chi connectivity index (χ0n) is 13.6. The van der Waals surface area contributed by atoms with Gasteiger partial charge in [-0.05, 0) is 36.4 Å². The molecule has 0 radical (unpaired) electrons. The highest BCUT2D eigenvalue weighted by Crippen LogP contribution is 2.38. The number of thiazole rings is 1. The van der Waals surface area contributed by atoms with Crippen LogP contribution in [0.25, 0.3) is 26.0 Å². The second-order valence-electron chi connectivity index (χ2n) is 5.37. The molecule has 122 valence electrons. The summed E-state index contributed by atoms with van der Waals surface area (Å²) in [5, 5.41) is 1.33. The lowest BCUT2D eigenvalue weighted by Gasteiger charge is -2.20. The fourth-order valence-electron chi connectivity index (χ4n) is 2.73. The molecular weight excluding hydrogens is 334 g/mol. The van der Waals surface area contributed by atoms with Crippen LogP contribution in [0.1, 0.15) is 0 Å². The summed E-state index contributed by atoms with van der Waals surface area (Å²) in [6, 6.07) is 11.6. The van der Waals surface area contributed by atoms with Crippen LogP contribution in [-0.2, 0) is 0 Å². The van der Waals surface area contributed by atoms with Crippen LogP contribution in [0.15, 0.2) is 42.7 Å². The average molecular weight is 347 g/mol. The molecule has 0 unspecified atom stereocenters. The Morgan fingerprint density at radius 3 is 2.56 bits per heavy atom. The van der Waals surface area contributed by atoms with Crippen LogP contribution in [-0.4, -0.2) is 29.1 Å². The minimum absolute atomic E-state index is 0.421. The van der Waals surface area contributed by atoms with Crippen molar-refractivity contribution in [3.05, 3.63) is 54.1 Å². The molecule has 0 saturated carbocycles. The summed E-state index contributed by atoms with van der Waals surface area (Å²) in [7, 11) is 3.60. The van der Waals surface area contributed by atoms with Gasteiger partial charge in [0.2, 0.25) is 0 Å². The smallest absolute Gasteiger partial charge is 0.330 e. The van der Waals surface area contributed by atoms with Crippen molar-refractivity contribution in [1.82, 2.24) is 15.0 Å². The van der Waals surface area contributed by atoms with Gasteiger partial charge in [0.15, 0.2) is 5.52 Å². The molecule has 0 N–H and O–H groups in total. The summed E-state index contributed by atoms with van der Waals surface area (Å²) >= 11 is 1.37. The largest absolute Gasteiger partial charge is 0.497 e. The van der Waals surface area contributed by atoms with E-state index in [1.807, 2.05) is 48.3 Å². The van der Waals surface area contributed by atoms with E-state index in [0.717, 1.165) is 38.4 Å². The fourth-order valence-corrected chi connectivity index (χ4v) is 3.62. The molecule has 0 aliphatic heterocycles. The summed E-state index contributed by atoms with van der Waals surface area (Å²) < 4.78 is 6.15. The van der Waals surface area contributed by atoms with Gasteiger partial charge in [0.1, 0.15) is 17.9 Å². The zero-order valence-corrected chi connectivity index (χ0v) is 14.4. The van der Waals surface area contributed by atoms with Gasteiger partial charge in [-0.15, -0.1) is 16.3 Å². The van der Waals surface area contributed by atoms with Gasteiger partial charge >= 0.3 is 5.13 Å². The Balaban J connectivity index is 1.93. The quantitative estimate of drug-likeness (QED) is 0.508. The van der Waals surface area contributed by atoms with Crippen LogP contribution in [0.3, 0.4) is 0 Å². The number of nitrogens with zero attached hydrogens (tertiary/aromatic N) is 5. The van der Waals surface area contributed by atoms with Gasteiger partial charge in [-0.25, -0.2) is 9.97 Å². The number of hydrogen-bond donors (Lipinski definition) is 0. The number of aromatic nitrogens is 3. The molecule has 6 nitrogen and oxygen atoms in total. The number of anilines is 2. The van der Waals surface area contributed by atoms with Gasteiger partial charge in [-0.3, -0.25) is 0 Å². The molecule has 0 aliphatic carbocycles. The molecular formula is C18H13N5OS. The highest BCUT2D eigenvalue weighted by atomic mass is 32.1. The van der Waals surface area contributed by atoms with E-state index < -0.39 is 0 Å². The number of methoxy groups -OCH3 is 1. The molecule has 4 rings (SSSR count). The molecule has 7 heteroatoms. The first-order valence-corrected chi connectivity index (χ1v) is 8.32. The van der Waals surface area contributed by atoms with E-state index in [9.17, 15) is 0 Å². The molecule has 2 aromatic heterocycles. The third-order valence-electron chi connectivity index (χ3n) is 4.00. The Morgan fingerprint density at radius 2 is 1.84 bits per heavy atom. The van der Waals surface area contributed by atoms with Gasteiger partial charge in [0, 0.05) is 12.7 Å². The molecule has 0 aliphatic rings. The van der Waals surface area contributed by atoms with Gasteiger partial charge in [0.25, 0.3) is 0 Å². The van der Waals surface area contributed by atoms with Crippen molar-refractivity contribution < 1.29 is 4.74 Å². The van der Waals surface area contributed by atoms with Crippen LogP contribution in [0.5, 0.6) is 5.75 Å². The Kier molecular flexibility index (Phi) is 3.67. The summed E-state index contributed by atoms with van der Waals surface area (Å²) in [5.74, 6) is 1.58. The number of rotatable bonds is 3. The van der Waals surface area contributed by atoms with Crippen molar-refractivity contribution in [2.45, 2.75) is 0 Å². The van der Waals surface area contributed by atoms with Crippen molar-refractivity contribution in [3.63, 3.8) is 0 Å². The second kappa shape index (κ2) is 6.00. The van der Waals surface area contributed by atoms with Gasteiger partial charge in [0.05, 0.1) is 22.7 Å². The Hall–Kier alpha value is -3.24. The standard InChI is InChI=1S/C18H13N5OS/c1-19-18-22-14-9-8-13-15(16(14)25-18)17(21-10-20-13)23(2)11-4-6-12(24-3)7-5-11/h4-10H,2-3H3. The Bertz CT molecular complexity index is 1110. The van der Waals surface area contributed by atoms with Gasteiger partial charge in [-0.2, -0.15) is 0 Å². The fraction of sp³-hybridized carbons (Fsp3) is 0.111. The Labute approximate surface area is 148 Å². The van der Waals surface area contributed by atoms with Crippen molar-refractivity contribution in [2.75, 3.05) is 19.1 Å². The van der Waals surface area contributed by atoms with E-state index in [4.69, 9.17) is 11.3 Å². The van der Waals surface area contributed by atoms with E-state index in [1.165, 1.54) is 11.3 Å². The lowest BCUT2D eigenvalue weighted by Crippen LogP contribution is -2.12. The van der Waals surface area contributed by atoms with Crippen molar-refractivity contribution >= 4 is 49.1 Å². The molecule has 2 aromatic carbocycles. The van der Waals surface area contributed by atoms with E-state index in [0.29, 0.717) is 5.13 Å². The highest BCUT2D eigenvalue weighted by Gasteiger charge is 2.17. The predicted molar refractivity (Wildman–Crippen MR) is 100 cm³/mol. The summed E-state index contributed by atoms with van der Waals surface area (Å²) in [4.78, 5) is 18.7. The maximum Gasteiger partial charge on any atom is 0.330 e. The van der Waals surface area contributed by atoms with Gasteiger partial charge in [-0.1, -0.05) is 6.57 Å². The minimum atomic E-state index is 0.421. The summed E-state index contributed by atoms with van der Waals surface area (Å²) in [6.45, 7) is 7.21. The number of hydrogen-bond acceptors (Lipinski definition) is 6. The van der Waals surface area contributed by atoms with Crippen LogP contribution in [0.2, 0.25) is 0 Å². The van der Waals surface area contributed by atoms with E-state index in [-0.39, 0.29) is 0 Å². The third kappa shape index (κ3) is 2.53. The van der Waals surface area contributed by atoms with Crippen molar-refractivity contribution in [1.29, 1.82) is 0 Å². The first kappa shape index (κ1) is 15.3. The molecule has 0 atom stereocenters. The summed E-state index contributed by atoms with van der Waals surface area (Å²) in [6.07, 6.45) is 1.56. The van der Waals surface area contributed by atoms with E-state index in [2.05, 4.69) is 19.8 Å². The first-order chi connectivity index (χ1) is 12.2. The van der Waals surface area contributed by atoms with Crippen LogP contribution < -0.4 is 9.64 Å². The van der Waals surface area contributed by atoms with Crippen molar-refractivity contribution in [2.24, 2.45) is 0 Å². The second-order valence-corrected chi connectivity index (χ2v) is 6.35. The van der Waals surface area contributed by atoms with Crippen molar-refractivity contribution in [3.8, 4) is 5.75 Å². The lowest BCUT2D eigenvalue weighted by atomic mass is 10.2. The SMILES string of the molecule is [C-]#[N+]c1nc2ccc3ncnc(N(C)c4ccc(OC)cc4)c3c2s1. The molecule has 4 aromatic rings. The molecule has 0 bridgehead atoms. The average Bonchev–Trinajstić information content (AvgIpc) is 3.10. The van der Waals surface area contributed by atoms with E-state index >= 15 is 0 Å². The number of benzene rings is 2. The topological polar surface area (TPSA) is 55.5 Å². The Morgan fingerprint density at radius 1 is 1.08 bits per heavy atom. The zero-order chi connectivity index (χ0) is 17.4. The number of ether oxygens (including phenoxy) is 1. The maximum atomic E-state index is 7.21. The van der Waals surface area contributed by atoms with Gasteiger partial charge < -0.3 is 14.5 Å². The first-order valence-electron chi connectivity index (χ1n) is 7.51. The van der Waals surface area contributed by atoms with Crippen LogP contribution >= 0.6 is 11.3 Å². The maximum absolute atomic E-state index is 7.21. The monoisotopic (exact) mass is 347 g/mol. The van der Waals surface area contributed by atoms with E-state index in [1.54, 1.807) is 13.4 Å². The molecule has 0 saturated heterocycles. The molecule has 25 heavy (non-hydrogen) atoms. The normalized spacial score (nSPS) is 10.8. The highest BCUT2D eigenvalue weighted by molar-refractivity contribution is 7.23. The summed E-state index contributed by atoms with van der Waals surface area (Å²) in [5.41, 5.74) is 2.61. The predicted octanol–water partition coefficient (Wildman–Crippen LogP) is 4.57. The lowest BCUT2D eigenvalue weighted by molar-refractivity contribution is 0.415. The number of fused-ring (bicyclic) bond motifs is 3. The minimum Gasteiger partial charge on any atom is -0.497 e. The molecule has 0 amide bonds. The van der Waals surface area contributed by atoms with Crippen LogP contribution in [0, 0.1) is 6.57 Å². The molecule has 0 spiro atoms. The van der Waals surface area contributed by atoms with Crippen LogP contribution in [0.4, 0.5) is 16.6 Å². The molecule has 2 heterocycles. The molecule has 0 fully saturated rings. The third-order valence-corrected chi connectivity index (χ3v) is 4.98.